The van der Waals surface area contributed by atoms with Crippen LogP contribution in [0.5, 0.6) is 0 Å². The van der Waals surface area contributed by atoms with E-state index in [1.54, 1.807) is 0 Å². The lowest BCUT2D eigenvalue weighted by molar-refractivity contribution is 0.658. The zero-order valence-corrected chi connectivity index (χ0v) is 8.26. The lowest BCUT2D eigenvalue weighted by Gasteiger charge is -2.08. The summed E-state index contributed by atoms with van der Waals surface area (Å²) in [7, 11) is 0. The number of aryl methyl sites for hydroxylation is 1. The van der Waals surface area contributed by atoms with Gasteiger partial charge in [-0.2, -0.15) is 0 Å². The first-order chi connectivity index (χ1) is 5.57. The summed E-state index contributed by atoms with van der Waals surface area (Å²) in [6.07, 6.45) is 0. The first-order valence-corrected chi connectivity index (χ1v) is 4.40. The highest BCUT2D eigenvalue weighted by Gasteiger charge is 2.12. The molecule has 0 spiro atoms. The summed E-state index contributed by atoms with van der Waals surface area (Å²) in [5.74, 6) is 2.34. The summed E-state index contributed by atoms with van der Waals surface area (Å²) in [5.41, 5.74) is 6.80. The van der Waals surface area contributed by atoms with E-state index in [-0.39, 0.29) is 0 Å². The van der Waals surface area contributed by atoms with Gasteiger partial charge >= 0.3 is 0 Å². The van der Waals surface area contributed by atoms with Crippen LogP contribution in [-0.4, -0.2) is 9.55 Å². The number of nitrogens with zero attached hydrogens (tertiary/aromatic N) is 2. The average Bonchev–Trinajstić information content (AvgIpc) is 2.29. The summed E-state index contributed by atoms with van der Waals surface area (Å²) in [6, 6.07) is 0. The van der Waals surface area contributed by atoms with E-state index >= 15 is 0 Å². The highest BCUT2D eigenvalue weighted by atomic mass is 15.1. The molecule has 1 heterocycles. The van der Waals surface area contributed by atoms with E-state index in [4.69, 9.17) is 5.73 Å². The predicted molar refractivity (Wildman–Crippen MR) is 51.1 cm³/mol. The zero-order chi connectivity index (χ0) is 9.30. The predicted octanol–water partition coefficient (Wildman–Crippen LogP) is 1.92. The molecular weight excluding hydrogens is 150 g/mol. The van der Waals surface area contributed by atoms with Gasteiger partial charge < -0.3 is 10.3 Å². The third-order valence-corrected chi connectivity index (χ3v) is 2.05. The van der Waals surface area contributed by atoms with Crippen molar-refractivity contribution in [2.75, 3.05) is 5.73 Å². The van der Waals surface area contributed by atoms with Gasteiger partial charge in [0.25, 0.3) is 0 Å². The Labute approximate surface area is 73.6 Å². The maximum atomic E-state index is 5.85. The lowest BCUT2D eigenvalue weighted by atomic mass is 10.2. The first-order valence-electron chi connectivity index (χ1n) is 4.40. The molecule has 0 aliphatic carbocycles. The number of rotatable bonds is 2. The van der Waals surface area contributed by atoms with Gasteiger partial charge in [-0.3, -0.25) is 0 Å². The van der Waals surface area contributed by atoms with Crippen molar-refractivity contribution in [3.8, 4) is 0 Å². The van der Waals surface area contributed by atoms with E-state index in [1.165, 1.54) is 0 Å². The van der Waals surface area contributed by atoms with Crippen LogP contribution >= 0.6 is 0 Å². The molecule has 68 valence electrons. The largest absolute Gasteiger partial charge is 0.384 e. The zero-order valence-electron chi connectivity index (χ0n) is 8.26. The molecule has 1 rings (SSSR count). The number of nitrogens with two attached hydrogens (primary N) is 1. The number of anilines is 1. The van der Waals surface area contributed by atoms with Crippen LogP contribution in [0.4, 0.5) is 5.82 Å². The number of nitrogen functional groups attached to an aromatic ring is 1. The molecule has 1 aromatic rings. The lowest BCUT2D eigenvalue weighted by Crippen LogP contribution is -2.06. The Bertz CT molecular complexity index is 274. The monoisotopic (exact) mass is 167 g/mol. The van der Waals surface area contributed by atoms with E-state index in [9.17, 15) is 0 Å². The van der Waals surface area contributed by atoms with Gasteiger partial charge in [-0.25, -0.2) is 4.98 Å². The van der Waals surface area contributed by atoms with Gasteiger partial charge in [0, 0.05) is 12.5 Å². The molecule has 12 heavy (non-hydrogen) atoms. The van der Waals surface area contributed by atoms with Crippen LogP contribution in [0.25, 0.3) is 0 Å². The van der Waals surface area contributed by atoms with Gasteiger partial charge in [-0.05, 0) is 13.8 Å². The molecule has 0 amide bonds. The van der Waals surface area contributed by atoms with Gasteiger partial charge in [0.05, 0.1) is 5.69 Å². The van der Waals surface area contributed by atoms with Crippen molar-refractivity contribution < 1.29 is 0 Å². The highest BCUT2D eigenvalue weighted by molar-refractivity contribution is 5.37. The Morgan fingerprint density at radius 2 is 2.08 bits per heavy atom. The highest BCUT2D eigenvalue weighted by Crippen LogP contribution is 2.19. The molecule has 0 aliphatic heterocycles. The molecular formula is C9H17N3. The molecule has 0 aromatic carbocycles. The second-order valence-corrected chi connectivity index (χ2v) is 3.34. The van der Waals surface area contributed by atoms with E-state index in [1.807, 2.05) is 6.92 Å². The minimum Gasteiger partial charge on any atom is -0.384 e. The van der Waals surface area contributed by atoms with Crippen LogP contribution in [0.3, 0.4) is 0 Å². The van der Waals surface area contributed by atoms with Gasteiger partial charge in [0.2, 0.25) is 0 Å². The summed E-state index contributed by atoms with van der Waals surface area (Å²) >= 11 is 0. The number of hydrogen-bond acceptors (Lipinski definition) is 2. The average molecular weight is 167 g/mol. The van der Waals surface area contributed by atoms with Gasteiger partial charge in [-0.1, -0.05) is 13.8 Å². The quantitative estimate of drug-likeness (QED) is 0.731. The molecule has 0 saturated carbocycles. The molecule has 0 unspecified atom stereocenters. The second kappa shape index (κ2) is 3.17. The van der Waals surface area contributed by atoms with Crippen molar-refractivity contribution in [3.05, 3.63) is 11.5 Å². The molecule has 1 aromatic heterocycles. The van der Waals surface area contributed by atoms with Gasteiger partial charge in [0.1, 0.15) is 11.6 Å². The maximum absolute atomic E-state index is 5.85. The standard InChI is InChI=1S/C9H17N3/c1-5-12-8(10)7(4)11-9(12)6(2)3/h6H,5,10H2,1-4H3. The van der Waals surface area contributed by atoms with Crippen molar-refractivity contribution in [1.82, 2.24) is 9.55 Å². The number of hydrogen-bond donors (Lipinski definition) is 1. The van der Waals surface area contributed by atoms with Crippen molar-refractivity contribution in [3.63, 3.8) is 0 Å². The van der Waals surface area contributed by atoms with E-state index in [2.05, 4.69) is 30.3 Å². The molecule has 0 fully saturated rings. The molecule has 3 nitrogen and oxygen atoms in total. The summed E-state index contributed by atoms with van der Waals surface area (Å²) in [5, 5.41) is 0. The van der Waals surface area contributed by atoms with Crippen molar-refractivity contribution in [2.45, 2.75) is 40.2 Å². The molecule has 3 heteroatoms. The summed E-state index contributed by atoms with van der Waals surface area (Å²) < 4.78 is 2.07. The minimum absolute atomic E-state index is 0.445. The Balaban J connectivity index is 3.20. The third-order valence-electron chi connectivity index (χ3n) is 2.05. The van der Waals surface area contributed by atoms with Crippen molar-refractivity contribution >= 4 is 5.82 Å². The summed E-state index contributed by atoms with van der Waals surface area (Å²) in [6.45, 7) is 9.21. The fourth-order valence-electron chi connectivity index (χ4n) is 1.38. The van der Waals surface area contributed by atoms with E-state index < -0.39 is 0 Å². The minimum atomic E-state index is 0.445. The van der Waals surface area contributed by atoms with E-state index in [0.29, 0.717) is 5.92 Å². The maximum Gasteiger partial charge on any atom is 0.126 e. The Morgan fingerprint density at radius 3 is 2.42 bits per heavy atom. The van der Waals surface area contributed by atoms with Crippen LogP contribution in [0.1, 0.15) is 38.2 Å². The SMILES string of the molecule is CCn1c(C(C)C)nc(C)c1N. The van der Waals surface area contributed by atoms with Crippen LogP contribution in [0, 0.1) is 6.92 Å². The molecule has 0 saturated heterocycles. The van der Waals surface area contributed by atoms with Crippen molar-refractivity contribution in [2.24, 2.45) is 0 Å². The number of imidazole rings is 1. The normalized spacial score (nSPS) is 11.1. The topological polar surface area (TPSA) is 43.8 Å². The van der Waals surface area contributed by atoms with Crippen LogP contribution in [-0.2, 0) is 6.54 Å². The molecule has 0 radical (unpaired) electrons. The first kappa shape index (κ1) is 9.10. The van der Waals surface area contributed by atoms with Crippen LogP contribution in [0.15, 0.2) is 0 Å². The fourth-order valence-corrected chi connectivity index (χ4v) is 1.38. The fraction of sp³-hybridized carbons (Fsp3) is 0.667. The Hall–Kier alpha value is -0.990. The smallest absolute Gasteiger partial charge is 0.126 e. The van der Waals surface area contributed by atoms with Gasteiger partial charge in [-0.15, -0.1) is 0 Å². The third kappa shape index (κ3) is 1.31. The number of aromatic nitrogens is 2. The Morgan fingerprint density at radius 1 is 1.50 bits per heavy atom. The van der Waals surface area contributed by atoms with Crippen molar-refractivity contribution in [1.29, 1.82) is 0 Å². The van der Waals surface area contributed by atoms with Crippen LogP contribution in [0.2, 0.25) is 0 Å². The van der Waals surface area contributed by atoms with Gasteiger partial charge in [0.15, 0.2) is 0 Å². The summed E-state index contributed by atoms with van der Waals surface area (Å²) in [4.78, 5) is 4.42. The second-order valence-electron chi connectivity index (χ2n) is 3.34. The van der Waals surface area contributed by atoms with E-state index in [0.717, 1.165) is 23.9 Å². The Kier molecular flexibility index (Phi) is 2.40. The molecule has 2 N–H and O–H groups in total. The molecule has 0 bridgehead atoms. The molecule has 0 atom stereocenters. The van der Waals surface area contributed by atoms with Crippen LogP contribution < -0.4 is 5.73 Å². The molecule has 0 aliphatic rings.